The van der Waals surface area contributed by atoms with Crippen molar-refractivity contribution in [2.45, 2.75) is 25.3 Å². The number of carbonyl (C=O) groups is 1. The molecule has 1 aliphatic rings. The highest BCUT2D eigenvalue weighted by molar-refractivity contribution is 6.06. The van der Waals surface area contributed by atoms with Crippen LogP contribution in [0.25, 0.3) is 10.9 Å². The Hall–Kier alpha value is -1.81. The van der Waals surface area contributed by atoms with Gasteiger partial charge in [0, 0.05) is 29.7 Å². The zero-order valence-electron chi connectivity index (χ0n) is 10.8. The van der Waals surface area contributed by atoms with Gasteiger partial charge in [0.2, 0.25) is 0 Å². The molecule has 1 fully saturated rings. The van der Waals surface area contributed by atoms with Gasteiger partial charge >= 0.3 is 0 Å². The van der Waals surface area contributed by atoms with Crippen molar-refractivity contribution in [2.24, 2.45) is 0 Å². The Bertz CT molecular complexity index is 587. The Kier molecular flexibility index (Phi) is 3.25. The highest BCUT2D eigenvalue weighted by atomic mass is 16.3. The molecule has 1 saturated carbocycles. The summed E-state index contributed by atoms with van der Waals surface area (Å²) in [4.78, 5) is 17.6. The number of H-pyrrole nitrogens is 1. The van der Waals surface area contributed by atoms with Crippen molar-refractivity contribution < 1.29 is 9.90 Å². The third-order valence-electron chi connectivity index (χ3n) is 3.94. The Balaban J connectivity index is 1.92. The van der Waals surface area contributed by atoms with E-state index in [1.165, 1.54) is 6.42 Å². The third-order valence-corrected chi connectivity index (χ3v) is 3.94. The van der Waals surface area contributed by atoms with E-state index in [2.05, 4.69) is 4.98 Å². The minimum absolute atomic E-state index is 0.0184. The smallest absolute Gasteiger partial charge is 0.256 e. The molecular formula is C15H18N2O2. The van der Waals surface area contributed by atoms with E-state index in [1.54, 1.807) is 6.20 Å². The maximum absolute atomic E-state index is 12.6. The number of hydrogen-bond acceptors (Lipinski definition) is 2. The lowest BCUT2D eigenvalue weighted by Crippen LogP contribution is -2.45. The predicted octanol–water partition coefficient (Wildman–Crippen LogP) is 2.15. The lowest BCUT2D eigenvalue weighted by atomic mass is 9.91. The summed E-state index contributed by atoms with van der Waals surface area (Å²) in [7, 11) is 0. The fraction of sp³-hybridized carbons (Fsp3) is 0.400. The molecule has 1 amide bonds. The van der Waals surface area contributed by atoms with Crippen LogP contribution in [-0.2, 0) is 0 Å². The number of carbonyl (C=O) groups excluding carboxylic acids is 1. The number of aromatic nitrogens is 1. The molecule has 1 aromatic heterocycles. The number of para-hydroxylation sites is 1. The molecule has 0 spiro atoms. The van der Waals surface area contributed by atoms with Crippen molar-refractivity contribution in [1.29, 1.82) is 0 Å². The normalized spacial score (nSPS) is 15.4. The number of amides is 1. The van der Waals surface area contributed by atoms with E-state index in [-0.39, 0.29) is 12.5 Å². The van der Waals surface area contributed by atoms with Crippen molar-refractivity contribution in [3.63, 3.8) is 0 Å². The maximum atomic E-state index is 12.6. The molecule has 1 aromatic carbocycles. The first-order valence-corrected chi connectivity index (χ1v) is 6.79. The first-order valence-electron chi connectivity index (χ1n) is 6.79. The van der Waals surface area contributed by atoms with Crippen LogP contribution >= 0.6 is 0 Å². The number of aliphatic hydroxyl groups is 1. The molecule has 0 saturated heterocycles. The minimum atomic E-state index is 0.0184. The second kappa shape index (κ2) is 5.05. The lowest BCUT2D eigenvalue weighted by molar-refractivity contribution is 0.0528. The predicted molar refractivity (Wildman–Crippen MR) is 74.1 cm³/mol. The van der Waals surface area contributed by atoms with Crippen LogP contribution in [-0.4, -0.2) is 40.1 Å². The Morgan fingerprint density at radius 1 is 1.37 bits per heavy atom. The first-order chi connectivity index (χ1) is 9.31. The van der Waals surface area contributed by atoms with E-state index in [0.29, 0.717) is 18.2 Å². The lowest BCUT2D eigenvalue weighted by Gasteiger charge is -2.37. The summed E-state index contributed by atoms with van der Waals surface area (Å²) >= 11 is 0. The van der Waals surface area contributed by atoms with E-state index in [4.69, 9.17) is 5.11 Å². The summed E-state index contributed by atoms with van der Waals surface area (Å²) in [5, 5.41) is 10.1. The number of hydrogen-bond donors (Lipinski definition) is 2. The van der Waals surface area contributed by atoms with Gasteiger partial charge in [0.05, 0.1) is 12.2 Å². The number of benzene rings is 1. The van der Waals surface area contributed by atoms with Gasteiger partial charge in [-0.3, -0.25) is 4.79 Å². The van der Waals surface area contributed by atoms with Gasteiger partial charge in [-0.25, -0.2) is 0 Å². The van der Waals surface area contributed by atoms with E-state index in [0.717, 1.165) is 23.7 Å². The summed E-state index contributed by atoms with van der Waals surface area (Å²) in [6.45, 7) is 0.438. The Morgan fingerprint density at radius 2 is 2.16 bits per heavy atom. The molecule has 2 aromatic rings. The molecule has 0 bridgehead atoms. The number of aliphatic hydroxyl groups excluding tert-OH is 1. The van der Waals surface area contributed by atoms with E-state index in [9.17, 15) is 4.79 Å². The van der Waals surface area contributed by atoms with Crippen LogP contribution in [0.5, 0.6) is 0 Å². The zero-order chi connectivity index (χ0) is 13.2. The molecule has 1 aliphatic carbocycles. The number of fused-ring (bicyclic) bond motifs is 1. The number of rotatable bonds is 4. The van der Waals surface area contributed by atoms with Crippen LogP contribution in [0, 0.1) is 0 Å². The molecular weight excluding hydrogens is 240 g/mol. The van der Waals surface area contributed by atoms with Crippen molar-refractivity contribution in [3.05, 3.63) is 36.0 Å². The number of aromatic amines is 1. The van der Waals surface area contributed by atoms with E-state index in [1.807, 2.05) is 29.2 Å². The summed E-state index contributed by atoms with van der Waals surface area (Å²) in [6.07, 6.45) is 5.05. The van der Waals surface area contributed by atoms with Crippen LogP contribution < -0.4 is 0 Å². The zero-order valence-corrected chi connectivity index (χ0v) is 10.8. The average Bonchev–Trinajstić information content (AvgIpc) is 2.79. The van der Waals surface area contributed by atoms with Crippen LogP contribution in [0.3, 0.4) is 0 Å². The van der Waals surface area contributed by atoms with Gasteiger partial charge in [0.25, 0.3) is 5.91 Å². The molecule has 3 rings (SSSR count). The minimum Gasteiger partial charge on any atom is -0.395 e. The molecule has 0 radical (unpaired) electrons. The molecule has 100 valence electrons. The molecule has 0 unspecified atom stereocenters. The number of nitrogens with one attached hydrogen (secondary N) is 1. The molecule has 0 aliphatic heterocycles. The molecule has 2 N–H and O–H groups in total. The summed E-state index contributed by atoms with van der Waals surface area (Å²) in [5.74, 6) is 0.0243. The standard InChI is InChI=1S/C15H18N2O2/c18-9-8-17(11-4-3-5-11)15(19)13-10-16-14-7-2-1-6-12(13)14/h1-2,6-7,10-11,16,18H,3-5,8-9H2. The topological polar surface area (TPSA) is 56.3 Å². The van der Waals surface area contributed by atoms with Gasteiger partial charge < -0.3 is 15.0 Å². The van der Waals surface area contributed by atoms with E-state index >= 15 is 0 Å². The SMILES string of the molecule is O=C(c1c[nH]c2ccccc12)N(CCO)C1CCC1. The van der Waals surface area contributed by atoms with Crippen molar-refractivity contribution >= 4 is 16.8 Å². The monoisotopic (exact) mass is 258 g/mol. The van der Waals surface area contributed by atoms with Crippen molar-refractivity contribution in [1.82, 2.24) is 9.88 Å². The van der Waals surface area contributed by atoms with Crippen LogP contribution in [0.1, 0.15) is 29.6 Å². The molecule has 19 heavy (non-hydrogen) atoms. The Morgan fingerprint density at radius 3 is 2.84 bits per heavy atom. The van der Waals surface area contributed by atoms with Gasteiger partial charge in [0.15, 0.2) is 0 Å². The van der Waals surface area contributed by atoms with Gasteiger partial charge in [-0.15, -0.1) is 0 Å². The largest absolute Gasteiger partial charge is 0.395 e. The summed E-state index contributed by atoms with van der Waals surface area (Å²) in [6, 6.07) is 8.10. The van der Waals surface area contributed by atoms with Crippen molar-refractivity contribution in [2.75, 3.05) is 13.2 Å². The molecule has 0 atom stereocenters. The van der Waals surface area contributed by atoms with Crippen LogP contribution in [0.2, 0.25) is 0 Å². The molecule has 1 heterocycles. The van der Waals surface area contributed by atoms with Crippen LogP contribution in [0.4, 0.5) is 0 Å². The highest BCUT2D eigenvalue weighted by Crippen LogP contribution is 2.27. The van der Waals surface area contributed by atoms with Gasteiger partial charge in [-0.05, 0) is 25.3 Å². The van der Waals surface area contributed by atoms with Crippen molar-refractivity contribution in [3.8, 4) is 0 Å². The third kappa shape index (κ3) is 2.12. The van der Waals surface area contributed by atoms with Crippen LogP contribution in [0.15, 0.2) is 30.5 Å². The summed E-state index contributed by atoms with van der Waals surface area (Å²) in [5.41, 5.74) is 1.68. The second-order valence-electron chi connectivity index (χ2n) is 5.05. The molecule has 4 heteroatoms. The quantitative estimate of drug-likeness (QED) is 0.883. The highest BCUT2D eigenvalue weighted by Gasteiger charge is 2.29. The fourth-order valence-corrected chi connectivity index (χ4v) is 2.66. The summed E-state index contributed by atoms with van der Waals surface area (Å²) < 4.78 is 0. The maximum Gasteiger partial charge on any atom is 0.256 e. The van der Waals surface area contributed by atoms with Gasteiger partial charge in [0.1, 0.15) is 0 Å². The van der Waals surface area contributed by atoms with Gasteiger partial charge in [-0.1, -0.05) is 18.2 Å². The number of nitrogens with zero attached hydrogens (tertiary/aromatic N) is 1. The fourth-order valence-electron chi connectivity index (χ4n) is 2.66. The Labute approximate surface area is 112 Å². The average molecular weight is 258 g/mol. The first kappa shape index (κ1) is 12.2. The van der Waals surface area contributed by atoms with Gasteiger partial charge in [-0.2, -0.15) is 0 Å². The van der Waals surface area contributed by atoms with E-state index < -0.39 is 0 Å². The second-order valence-corrected chi connectivity index (χ2v) is 5.05. The molecule has 4 nitrogen and oxygen atoms in total.